The average molecular weight is 449 g/mol. The van der Waals surface area contributed by atoms with E-state index in [0.717, 1.165) is 29.0 Å². The Morgan fingerprint density at radius 3 is 2.74 bits per heavy atom. The third-order valence-corrected chi connectivity index (χ3v) is 3.89. The smallest absolute Gasteiger partial charge is 0.192 e. The van der Waals surface area contributed by atoms with Crippen LogP contribution in [0.25, 0.3) is 0 Å². The average Bonchev–Trinajstić information content (AvgIpc) is 3.11. The molecule has 0 radical (unpaired) electrons. The molecule has 0 saturated carbocycles. The lowest BCUT2D eigenvalue weighted by Crippen LogP contribution is -2.36. The largest absolute Gasteiger partial charge is 0.359 e. The van der Waals surface area contributed by atoms with Crippen molar-refractivity contribution >= 4 is 41.3 Å². The molecule has 0 bridgehead atoms. The molecule has 2 aromatic rings. The fourth-order valence-electron chi connectivity index (χ4n) is 1.82. The maximum Gasteiger partial charge on any atom is 0.192 e. The minimum atomic E-state index is 0. The summed E-state index contributed by atoms with van der Waals surface area (Å²) in [5.41, 5.74) is 0.960. The van der Waals surface area contributed by atoms with Gasteiger partial charge in [0.1, 0.15) is 11.6 Å². The number of hydrogen-bond donors (Lipinski definition) is 2. The van der Waals surface area contributed by atoms with Gasteiger partial charge >= 0.3 is 0 Å². The molecule has 8 heteroatoms. The van der Waals surface area contributed by atoms with Gasteiger partial charge in [-0.15, -0.1) is 35.3 Å². The summed E-state index contributed by atoms with van der Waals surface area (Å²) in [5, 5.41) is 11.6. The Hall–Kier alpha value is -1.16. The van der Waals surface area contributed by atoms with E-state index in [1.165, 1.54) is 4.88 Å². The molecule has 0 aliphatic heterocycles. The number of rotatable bonds is 6. The van der Waals surface area contributed by atoms with Gasteiger partial charge in [-0.3, -0.25) is 0 Å². The number of nitrogens with one attached hydrogen (secondary N) is 2. The van der Waals surface area contributed by atoms with Crippen LogP contribution in [-0.2, 0) is 13.1 Å². The van der Waals surface area contributed by atoms with Crippen LogP contribution in [0.2, 0.25) is 0 Å². The van der Waals surface area contributed by atoms with Crippen molar-refractivity contribution in [3.63, 3.8) is 0 Å². The number of thiazole rings is 1. The van der Waals surface area contributed by atoms with Crippen molar-refractivity contribution in [2.45, 2.75) is 46.7 Å². The van der Waals surface area contributed by atoms with Gasteiger partial charge in [-0.05, 0) is 19.8 Å². The Balaban J connectivity index is 0.00000264. The number of nitrogens with zero attached hydrogens (tertiary/aromatic N) is 3. The van der Waals surface area contributed by atoms with Crippen LogP contribution in [0.15, 0.2) is 21.8 Å². The first-order valence-electron chi connectivity index (χ1n) is 7.47. The SMILES string of the molecule is CCNC(=NCc1cc(C(C)C)no1)NCc1ncc(C)s1.I. The first-order valence-corrected chi connectivity index (χ1v) is 8.29. The van der Waals surface area contributed by atoms with Gasteiger partial charge in [0.05, 0.1) is 12.2 Å². The quantitative estimate of drug-likeness (QED) is 0.402. The zero-order chi connectivity index (χ0) is 15.9. The summed E-state index contributed by atoms with van der Waals surface area (Å²) in [5.74, 6) is 1.88. The maximum absolute atomic E-state index is 5.30. The van der Waals surface area contributed by atoms with Gasteiger partial charge in [-0.1, -0.05) is 19.0 Å². The number of aromatic nitrogens is 2. The molecule has 0 fully saturated rings. The summed E-state index contributed by atoms with van der Waals surface area (Å²) in [6, 6.07) is 1.96. The van der Waals surface area contributed by atoms with Crippen LogP contribution in [-0.4, -0.2) is 22.6 Å². The first-order chi connectivity index (χ1) is 10.6. The third kappa shape index (κ3) is 6.46. The second kappa shape index (κ2) is 9.86. The second-order valence-corrected chi connectivity index (χ2v) is 6.61. The highest BCUT2D eigenvalue weighted by Gasteiger charge is 2.07. The van der Waals surface area contributed by atoms with Crippen molar-refractivity contribution in [2.75, 3.05) is 6.54 Å². The second-order valence-electron chi connectivity index (χ2n) is 5.29. The van der Waals surface area contributed by atoms with Crippen molar-refractivity contribution in [3.8, 4) is 0 Å². The molecule has 2 N–H and O–H groups in total. The maximum atomic E-state index is 5.30. The standard InChI is InChI=1S/C15H23N5OS.HI/c1-5-16-15(19-9-14-17-7-11(4)22-14)18-8-12-6-13(10(2)3)20-21-12;/h6-7,10H,5,8-9H2,1-4H3,(H2,16,18,19);1H. The zero-order valence-electron chi connectivity index (χ0n) is 13.9. The van der Waals surface area contributed by atoms with Gasteiger partial charge in [-0.2, -0.15) is 0 Å². The Kier molecular flexibility index (Phi) is 8.53. The molecule has 0 unspecified atom stereocenters. The Bertz CT molecular complexity index is 623. The predicted octanol–water partition coefficient (Wildman–Crippen LogP) is 3.44. The lowest BCUT2D eigenvalue weighted by atomic mass is 10.1. The molecule has 0 aromatic carbocycles. The Morgan fingerprint density at radius 1 is 1.39 bits per heavy atom. The van der Waals surface area contributed by atoms with Crippen molar-refractivity contribution in [1.82, 2.24) is 20.8 Å². The van der Waals surface area contributed by atoms with Crippen LogP contribution in [0.3, 0.4) is 0 Å². The van der Waals surface area contributed by atoms with Crippen LogP contribution in [0.5, 0.6) is 0 Å². The normalized spacial score (nSPS) is 11.4. The first kappa shape index (κ1) is 19.9. The van der Waals surface area contributed by atoms with Crippen LogP contribution in [0.4, 0.5) is 0 Å². The molecule has 0 atom stereocenters. The molecular weight excluding hydrogens is 425 g/mol. The lowest BCUT2D eigenvalue weighted by Gasteiger charge is -2.09. The molecule has 0 saturated heterocycles. The highest BCUT2D eigenvalue weighted by atomic mass is 127. The molecule has 0 amide bonds. The topological polar surface area (TPSA) is 75.3 Å². The van der Waals surface area contributed by atoms with E-state index in [1.807, 2.05) is 19.2 Å². The fourth-order valence-corrected chi connectivity index (χ4v) is 2.54. The summed E-state index contributed by atoms with van der Waals surface area (Å²) in [7, 11) is 0. The molecule has 0 aliphatic rings. The molecule has 6 nitrogen and oxygen atoms in total. The number of aliphatic imine (C=N–C) groups is 1. The van der Waals surface area contributed by atoms with Crippen molar-refractivity contribution in [3.05, 3.63) is 33.6 Å². The monoisotopic (exact) mass is 449 g/mol. The molecule has 2 aromatic heterocycles. The van der Waals surface area contributed by atoms with Gasteiger partial charge < -0.3 is 15.2 Å². The van der Waals surface area contributed by atoms with Crippen molar-refractivity contribution < 1.29 is 4.52 Å². The number of aryl methyl sites for hydroxylation is 1. The molecular formula is C15H24IN5OS. The summed E-state index contributed by atoms with van der Waals surface area (Å²) in [4.78, 5) is 10.1. The molecule has 2 heterocycles. The molecule has 128 valence electrons. The molecule has 2 rings (SSSR count). The molecule has 0 spiro atoms. The van der Waals surface area contributed by atoms with E-state index in [-0.39, 0.29) is 24.0 Å². The Morgan fingerprint density at radius 2 is 2.17 bits per heavy atom. The summed E-state index contributed by atoms with van der Waals surface area (Å²) < 4.78 is 5.30. The van der Waals surface area contributed by atoms with Crippen molar-refractivity contribution in [2.24, 2.45) is 4.99 Å². The van der Waals surface area contributed by atoms with E-state index in [9.17, 15) is 0 Å². The van der Waals surface area contributed by atoms with E-state index >= 15 is 0 Å². The summed E-state index contributed by atoms with van der Waals surface area (Å²) in [6.07, 6.45) is 1.88. The van der Waals surface area contributed by atoms with E-state index < -0.39 is 0 Å². The van der Waals surface area contributed by atoms with Gasteiger partial charge in [0.2, 0.25) is 0 Å². The van der Waals surface area contributed by atoms with Gasteiger partial charge in [0, 0.05) is 23.7 Å². The van der Waals surface area contributed by atoms with Gasteiger partial charge in [-0.25, -0.2) is 9.98 Å². The van der Waals surface area contributed by atoms with E-state index in [2.05, 4.69) is 46.5 Å². The predicted molar refractivity (Wildman–Crippen MR) is 105 cm³/mol. The lowest BCUT2D eigenvalue weighted by molar-refractivity contribution is 0.376. The summed E-state index contributed by atoms with van der Waals surface area (Å²) in [6.45, 7) is 10.2. The number of hydrogen-bond acceptors (Lipinski definition) is 5. The fraction of sp³-hybridized carbons (Fsp3) is 0.533. The van der Waals surface area contributed by atoms with E-state index in [0.29, 0.717) is 19.0 Å². The minimum absolute atomic E-state index is 0. The minimum Gasteiger partial charge on any atom is -0.359 e. The number of guanidine groups is 1. The summed E-state index contributed by atoms with van der Waals surface area (Å²) >= 11 is 1.68. The molecule has 0 aliphatic carbocycles. The van der Waals surface area contributed by atoms with Gasteiger partial charge in [0.25, 0.3) is 0 Å². The van der Waals surface area contributed by atoms with Gasteiger partial charge in [0.15, 0.2) is 11.7 Å². The van der Waals surface area contributed by atoms with Crippen LogP contribution < -0.4 is 10.6 Å². The zero-order valence-corrected chi connectivity index (χ0v) is 17.1. The van der Waals surface area contributed by atoms with Crippen molar-refractivity contribution in [1.29, 1.82) is 0 Å². The van der Waals surface area contributed by atoms with Crippen LogP contribution >= 0.6 is 35.3 Å². The van der Waals surface area contributed by atoms with Crippen LogP contribution in [0.1, 0.15) is 48.0 Å². The van der Waals surface area contributed by atoms with E-state index in [1.54, 1.807) is 11.3 Å². The Labute approximate surface area is 158 Å². The highest BCUT2D eigenvalue weighted by molar-refractivity contribution is 14.0. The van der Waals surface area contributed by atoms with E-state index in [4.69, 9.17) is 4.52 Å². The van der Waals surface area contributed by atoms with Crippen LogP contribution in [0, 0.1) is 6.92 Å². The number of halogens is 1. The third-order valence-electron chi connectivity index (χ3n) is 2.98. The molecule has 23 heavy (non-hydrogen) atoms. The highest BCUT2D eigenvalue weighted by Crippen LogP contribution is 2.14.